The first-order valence-electron chi connectivity index (χ1n) is 13.4. The van der Waals surface area contributed by atoms with E-state index in [1.807, 2.05) is 0 Å². The van der Waals surface area contributed by atoms with Crippen molar-refractivity contribution >= 4 is 23.6 Å². The van der Waals surface area contributed by atoms with Gasteiger partial charge in [0.2, 0.25) is 0 Å². The van der Waals surface area contributed by atoms with E-state index in [0.29, 0.717) is 5.75 Å². The number of thioether (sulfide) groups is 1. The minimum absolute atomic E-state index is 0.0559. The lowest BCUT2D eigenvalue weighted by molar-refractivity contribution is -0.118. The Bertz CT molecular complexity index is 751. The van der Waals surface area contributed by atoms with E-state index >= 15 is 0 Å². The Hall–Kier alpha value is -1.49. The number of carbonyl (C=O) groups is 2. The Kier molecular flexibility index (Phi) is 16.3. The summed E-state index contributed by atoms with van der Waals surface area (Å²) in [6.07, 6.45) is 16.5. The highest BCUT2D eigenvalue weighted by molar-refractivity contribution is 7.99. The Balaban J connectivity index is 5.25. The van der Waals surface area contributed by atoms with Gasteiger partial charge in [-0.1, -0.05) is 75.5 Å². The summed E-state index contributed by atoms with van der Waals surface area (Å²) in [5.41, 5.74) is 9.85. The Morgan fingerprint density at radius 1 is 0.886 bits per heavy atom. The fourth-order valence-corrected chi connectivity index (χ4v) is 6.21. The van der Waals surface area contributed by atoms with Gasteiger partial charge in [0, 0.05) is 11.5 Å². The molecule has 0 rings (SSSR count). The Morgan fingerprint density at radius 3 is 1.94 bits per heavy atom. The zero-order valence-corrected chi connectivity index (χ0v) is 25.0. The lowest BCUT2D eigenvalue weighted by Crippen LogP contribution is -2.44. The lowest BCUT2D eigenvalue weighted by atomic mass is 9.77. The van der Waals surface area contributed by atoms with Gasteiger partial charge in [0.15, 0.2) is 5.78 Å². The SMILES string of the molecule is CCCC(C)(C=C(C)CCC=C(C)C)CCC(C)=CC(C)(CCC)CSCC(NC(N)=O)C(C)=O. The van der Waals surface area contributed by atoms with Gasteiger partial charge in [0.05, 0.1) is 6.04 Å². The van der Waals surface area contributed by atoms with E-state index in [0.717, 1.165) is 44.3 Å². The third kappa shape index (κ3) is 16.0. The van der Waals surface area contributed by atoms with Gasteiger partial charge in [-0.2, -0.15) is 11.8 Å². The largest absolute Gasteiger partial charge is 0.352 e. The molecular formula is C30H54N2O2S. The third-order valence-corrected chi connectivity index (χ3v) is 7.97. The number of carbonyl (C=O) groups excluding carboxylic acids is 2. The summed E-state index contributed by atoms with van der Waals surface area (Å²) in [7, 11) is 0. The van der Waals surface area contributed by atoms with Crippen LogP contribution < -0.4 is 11.1 Å². The van der Waals surface area contributed by atoms with Crippen LogP contribution in [0.25, 0.3) is 0 Å². The predicted octanol–water partition coefficient (Wildman–Crippen LogP) is 8.38. The molecule has 0 fully saturated rings. The van der Waals surface area contributed by atoms with Gasteiger partial charge in [-0.05, 0) is 84.0 Å². The molecule has 0 aliphatic rings. The van der Waals surface area contributed by atoms with Crippen LogP contribution in [0.1, 0.15) is 114 Å². The van der Waals surface area contributed by atoms with Crippen LogP contribution in [-0.4, -0.2) is 29.4 Å². The number of primary amides is 1. The highest BCUT2D eigenvalue weighted by Gasteiger charge is 2.25. The molecule has 3 atom stereocenters. The third-order valence-electron chi connectivity index (χ3n) is 6.54. The van der Waals surface area contributed by atoms with Gasteiger partial charge in [-0.15, -0.1) is 0 Å². The van der Waals surface area contributed by atoms with Crippen LogP contribution in [0.2, 0.25) is 0 Å². The van der Waals surface area contributed by atoms with Gasteiger partial charge in [-0.3, -0.25) is 4.79 Å². The normalized spacial score (nSPS) is 16.7. The van der Waals surface area contributed by atoms with Crippen LogP contribution in [0.4, 0.5) is 4.79 Å². The summed E-state index contributed by atoms with van der Waals surface area (Å²) in [6.45, 7) is 19.6. The molecule has 2 amide bonds. The van der Waals surface area contributed by atoms with Crippen LogP contribution in [0.15, 0.2) is 34.9 Å². The molecule has 3 N–H and O–H groups in total. The van der Waals surface area contributed by atoms with E-state index in [-0.39, 0.29) is 16.6 Å². The number of hydrogen-bond donors (Lipinski definition) is 2. The van der Waals surface area contributed by atoms with Crippen molar-refractivity contribution in [1.82, 2.24) is 5.32 Å². The number of nitrogens with one attached hydrogen (secondary N) is 1. The maximum Gasteiger partial charge on any atom is 0.312 e. The fraction of sp³-hybridized carbons (Fsp3) is 0.733. The molecule has 4 nitrogen and oxygen atoms in total. The van der Waals surface area contributed by atoms with Gasteiger partial charge >= 0.3 is 6.03 Å². The molecule has 0 bridgehead atoms. The molecular weight excluding hydrogens is 452 g/mol. The van der Waals surface area contributed by atoms with E-state index in [1.54, 1.807) is 11.8 Å². The molecule has 0 saturated carbocycles. The summed E-state index contributed by atoms with van der Waals surface area (Å²) in [5, 5.41) is 2.57. The van der Waals surface area contributed by atoms with E-state index in [1.165, 1.54) is 36.5 Å². The lowest BCUT2D eigenvalue weighted by Gasteiger charge is -2.29. The molecule has 0 heterocycles. The van der Waals surface area contributed by atoms with Crippen molar-refractivity contribution in [3.8, 4) is 0 Å². The molecule has 0 aliphatic heterocycles. The van der Waals surface area contributed by atoms with Crippen LogP contribution in [0.3, 0.4) is 0 Å². The number of Topliss-reactive ketones (excluding diaryl/α,β-unsaturated/α-hetero) is 1. The number of nitrogens with two attached hydrogens (primary N) is 1. The maximum atomic E-state index is 11.8. The highest BCUT2D eigenvalue weighted by Crippen LogP contribution is 2.36. The van der Waals surface area contributed by atoms with Crippen LogP contribution >= 0.6 is 11.8 Å². The fourth-order valence-electron chi connectivity index (χ4n) is 4.85. The van der Waals surface area contributed by atoms with E-state index in [9.17, 15) is 9.59 Å². The molecule has 202 valence electrons. The minimum atomic E-state index is -0.644. The van der Waals surface area contributed by atoms with Crippen molar-refractivity contribution in [1.29, 1.82) is 0 Å². The zero-order chi connectivity index (χ0) is 27.1. The van der Waals surface area contributed by atoms with Crippen molar-refractivity contribution in [3.05, 3.63) is 34.9 Å². The first-order chi connectivity index (χ1) is 16.3. The smallest absolute Gasteiger partial charge is 0.312 e. The molecule has 0 spiro atoms. The summed E-state index contributed by atoms with van der Waals surface area (Å²) in [6, 6.07) is -1.16. The number of rotatable bonds is 18. The molecule has 3 unspecified atom stereocenters. The minimum Gasteiger partial charge on any atom is -0.352 e. The second kappa shape index (κ2) is 17.1. The summed E-state index contributed by atoms with van der Waals surface area (Å²) >= 11 is 1.72. The molecule has 0 aromatic carbocycles. The predicted molar refractivity (Wildman–Crippen MR) is 156 cm³/mol. The maximum absolute atomic E-state index is 11.8. The molecule has 5 heteroatoms. The van der Waals surface area contributed by atoms with Crippen molar-refractivity contribution in [3.63, 3.8) is 0 Å². The monoisotopic (exact) mass is 506 g/mol. The zero-order valence-electron chi connectivity index (χ0n) is 24.2. The number of amides is 2. The first kappa shape index (κ1) is 33.5. The van der Waals surface area contributed by atoms with Crippen LogP contribution in [-0.2, 0) is 4.79 Å². The van der Waals surface area contributed by atoms with Crippen molar-refractivity contribution < 1.29 is 9.59 Å². The average molecular weight is 507 g/mol. The van der Waals surface area contributed by atoms with Gasteiger partial charge in [-0.25, -0.2) is 4.79 Å². The Labute approximate surface area is 221 Å². The van der Waals surface area contributed by atoms with Crippen LogP contribution in [0, 0.1) is 10.8 Å². The standard InChI is InChI=1S/C30H54N2O2S/c1-10-16-29(8,19-24(5)14-12-13-23(3)4)18-15-25(6)20-30(9,17-11-2)22-35-21-27(26(7)33)32-28(31)34/h13,19-20,27H,10-12,14-18,21-22H2,1-9H3,(H3,31,32,34). The average Bonchev–Trinajstić information content (AvgIpc) is 2.71. The van der Waals surface area contributed by atoms with Crippen LogP contribution in [0.5, 0.6) is 0 Å². The van der Waals surface area contributed by atoms with E-state index in [4.69, 9.17) is 5.73 Å². The number of ketones is 1. The summed E-state index contributed by atoms with van der Waals surface area (Å²) in [4.78, 5) is 23.0. The molecule has 35 heavy (non-hydrogen) atoms. The first-order valence-corrected chi connectivity index (χ1v) is 14.6. The quantitative estimate of drug-likeness (QED) is 0.183. The van der Waals surface area contributed by atoms with Gasteiger partial charge in [0.1, 0.15) is 0 Å². The van der Waals surface area contributed by atoms with E-state index in [2.05, 4.69) is 78.9 Å². The molecule has 0 aliphatic carbocycles. The van der Waals surface area contributed by atoms with E-state index < -0.39 is 12.1 Å². The van der Waals surface area contributed by atoms with Crippen molar-refractivity contribution in [2.45, 2.75) is 120 Å². The van der Waals surface area contributed by atoms with Crippen molar-refractivity contribution in [2.75, 3.05) is 11.5 Å². The van der Waals surface area contributed by atoms with Gasteiger partial charge < -0.3 is 11.1 Å². The highest BCUT2D eigenvalue weighted by atomic mass is 32.2. The Morgan fingerprint density at radius 2 is 1.43 bits per heavy atom. The second-order valence-corrected chi connectivity index (χ2v) is 12.3. The molecule has 0 aromatic rings. The summed E-state index contributed by atoms with van der Waals surface area (Å²) in [5.74, 6) is 1.41. The molecule has 0 saturated heterocycles. The number of urea groups is 1. The number of hydrogen-bond acceptors (Lipinski definition) is 3. The molecule has 0 aromatic heterocycles. The topological polar surface area (TPSA) is 72.2 Å². The second-order valence-electron chi connectivity index (χ2n) is 11.3. The number of allylic oxidation sites excluding steroid dienone is 6. The van der Waals surface area contributed by atoms with Gasteiger partial charge in [0.25, 0.3) is 0 Å². The van der Waals surface area contributed by atoms with Crippen molar-refractivity contribution in [2.24, 2.45) is 16.6 Å². The summed E-state index contributed by atoms with van der Waals surface area (Å²) < 4.78 is 0. The molecule has 0 radical (unpaired) electrons.